The third kappa shape index (κ3) is 13.6. The Hall–Kier alpha value is -1.62. The van der Waals surface area contributed by atoms with Gasteiger partial charge in [-0.05, 0) is 52.4 Å². The van der Waals surface area contributed by atoms with Crippen LogP contribution in [0.4, 0.5) is 0 Å². The number of carboxylic acids is 1. The molecule has 0 spiro atoms. The Labute approximate surface area is 183 Å². The van der Waals surface area contributed by atoms with Crippen LogP contribution in [0.3, 0.4) is 0 Å². The van der Waals surface area contributed by atoms with Gasteiger partial charge in [-0.2, -0.15) is 0 Å². The Balaban J connectivity index is 4.16. The Kier molecular flexibility index (Phi) is 16.2. The van der Waals surface area contributed by atoms with Crippen LogP contribution in [0.2, 0.25) is 0 Å². The standard InChI is InChI=1S/C25H44O5/c1-5-6-7-8-9-10-11-12-13-14-15-16-17-18-19-25(24(28)29,20-22(4)26)30-23(27)21(2)3/h12-13,22,26H,2,5-11,14-20H2,1,3-4H3,(H,28,29)/b13-12-. The van der Waals surface area contributed by atoms with Gasteiger partial charge in [-0.3, -0.25) is 0 Å². The molecule has 0 radical (unpaired) electrons. The molecule has 0 aliphatic carbocycles. The minimum absolute atomic E-state index is 0.122. The number of ether oxygens (including phenoxy) is 1. The van der Waals surface area contributed by atoms with Crippen molar-refractivity contribution in [2.24, 2.45) is 0 Å². The van der Waals surface area contributed by atoms with Crippen LogP contribution in [0.25, 0.3) is 0 Å². The first-order valence-corrected chi connectivity index (χ1v) is 11.7. The molecule has 0 heterocycles. The van der Waals surface area contributed by atoms with Crippen LogP contribution in [0, 0.1) is 0 Å². The minimum Gasteiger partial charge on any atom is -0.478 e. The number of hydrogen-bond acceptors (Lipinski definition) is 4. The second kappa shape index (κ2) is 17.1. The number of hydrogen-bond donors (Lipinski definition) is 2. The fraction of sp³-hybridized carbons (Fsp3) is 0.760. The summed E-state index contributed by atoms with van der Waals surface area (Å²) in [6, 6.07) is 0. The number of aliphatic hydroxyl groups excluding tert-OH is 1. The minimum atomic E-state index is -1.69. The Bertz CT molecular complexity index is 524. The molecule has 0 aromatic rings. The van der Waals surface area contributed by atoms with E-state index in [-0.39, 0.29) is 18.4 Å². The summed E-state index contributed by atoms with van der Waals surface area (Å²) < 4.78 is 5.28. The van der Waals surface area contributed by atoms with Crippen molar-refractivity contribution in [2.45, 2.75) is 122 Å². The smallest absolute Gasteiger partial charge is 0.348 e. The van der Waals surface area contributed by atoms with E-state index in [9.17, 15) is 19.8 Å². The third-order valence-electron chi connectivity index (χ3n) is 5.24. The summed E-state index contributed by atoms with van der Waals surface area (Å²) in [5.41, 5.74) is -1.54. The summed E-state index contributed by atoms with van der Waals surface area (Å²) in [5, 5.41) is 19.4. The zero-order chi connectivity index (χ0) is 22.8. The number of rotatable bonds is 19. The van der Waals surface area contributed by atoms with Gasteiger partial charge in [0.1, 0.15) is 0 Å². The molecule has 0 bridgehead atoms. The van der Waals surface area contributed by atoms with Crippen molar-refractivity contribution < 1.29 is 24.5 Å². The van der Waals surface area contributed by atoms with Crippen LogP contribution in [0.5, 0.6) is 0 Å². The van der Waals surface area contributed by atoms with E-state index in [1.807, 2.05) is 0 Å². The summed E-state index contributed by atoms with van der Waals surface area (Å²) in [7, 11) is 0. The van der Waals surface area contributed by atoms with Gasteiger partial charge in [-0.25, -0.2) is 9.59 Å². The largest absolute Gasteiger partial charge is 0.478 e. The molecule has 2 N–H and O–H groups in total. The van der Waals surface area contributed by atoms with Crippen LogP contribution in [0.1, 0.15) is 111 Å². The fourth-order valence-electron chi connectivity index (χ4n) is 3.48. The predicted octanol–water partition coefficient (Wildman–Crippen LogP) is 6.35. The van der Waals surface area contributed by atoms with Crippen LogP contribution in [0.15, 0.2) is 24.3 Å². The maximum absolute atomic E-state index is 11.9. The number of esters is 1. The van der Waals surface area contributed by atoms with E-state index >= 15 is 0 Å². The molecule has 0 aromatic carbocycles. The highest BCUT2D eigenvalue weighted by atomic mass is 16.6. The number of carbonyl (C=O) groups excluding carboxylic acids is 1. The first kappa shape index (κ1) is 28.4. The van der Waals surface area contributed by atoms with Crippen molar-refractivity contribution in [3.05, 3.63) is 24.3 Å². The molecule has 5 nitrogen and oxygen atoms in total. The van der Waals surface area contributed by atoms with Gasteiger partial charge in [0, 0.05) is 12.0 Å². The van der Waals surface area contributed by atoms with Crippen LogP contribution in [-0.2, 0) is 14.3 Å². The molecule has 0 saturated carbocycles. The van der Waals surface area contributed by atoms with E-state index in [1.165, 1.54) is 52.4 Å². The summed E-state index contributed by atoms with van der Waals surface area (Å²) in [6.45, 7) is 8.74. The number of aliphatic carboxylic acids is 1. The van der Waals surface area contributed by atoms with Crippen molar-refractivity contribution in [2.75, 3.05) is 0 Å². The predicted molar refractivity (Wildman–Crippen MR) is 122 cm³/mol. The van der Waals surface area contributed by atoms with Gasteiger partial charge in [-0.1, -0.05) is 70.6 Å². The topological polar surface area (TPSA) is 83.8 Å². The van der Waals surface area contributed by atoms with Gasteiger partial charge >= 0.3 is 11.9 Å². The summed E-state index contributed by atoms with van der Waals surface area (Å²) >= 11 is 0. The monoisotopic (exact) mass is 424 g/mol. The Morgan fingerprint density at radius 1 is 0.967 bits per heavy atom. The van der Waals surface area contributed by atoms with Crippen molar-refractivity contribution >= 4 is 11.9 Å². The third-order valence-corrected chi connectivity index (χ3v) is 5.24. The van der Waals surface area contributed by atoms with Gasteiger partial charge in [0.2, 0.25) is 5.60 Å². The zero-order valence-corrected chi connectivity index (χ0v) is 19.5. The lowest BCUT2D eigenvalue weighted by Crippen LogP contribution is -2.45. The highest BCUT2D eigenvalue weighted by molar-refractivity contribution is 5.90. The molecule has 0 fully saturated rings. The van der Waals surface area contributed by atoms with E-state index in [1.54, 1.807) is 0 Å². The molecule has 0 rings (SSSR count). The van der Waals surface area contributed by atoms with Gasteiger partial charge in [0.25, 0.3) is 0 Å². The molecule has 2 unspecified atom stereocenters. The van der Waals surface area contributed by atoms with Crippen molar-refractivity contribution in [3.8, 4) is 0 Å². The molecule has 0 saturated heterocycles. The summed E-state index contributed by atoms with van der Waals surface area (Å²) in [6.07, 6.45) is 17.4. The number of unbranched alkanes of at least 4 members (excludes halogenated alkanes) is 10. The SMILES string of the molecule is C=C(C)C(=O)OC(CCCCCC/C=C\CCCCCCCC)(CC(C)O)C(=O)O. The first-order valence-electron chi connectivity index (χ1n) is 11.7. The molecule has 0 aliphatic rings. The second-order valence-electron chi connectivity index (χ2n) is 8.50. The molecule has 0 amide bonds. The lowest BCUT2D eigenvalue weighted by Gasteiger charge is -2.30. The van der Waals surface area contributed by atoms with Crippen LogP contribution < -0.4 is 0 Å². The molecule has 2 atom stereocenters. The van der Waals surface area contributed by atoms with Crippen molar-refractivity contribution in [1.29, 1.82) is 0 Å². The number of carbonyl (C=O) groups is 2. The molecule has 0 aromatic heterocycles. The number of aliphatic hydroxyl groups is 1. The molecule has 5 heteroatoms. The normalized spacial score (nSPS) is 14.4. The Morgan fingerprint density at radius 3 is 1.93 bits per heavy atom. The maximum Gasteiger partial charge on any atom is 0.348 e. The number of carboxylic acid groups (broad SMARTS) is 1. The summed E-state index contributed by atoms with van der Waals surface area (Å²) in [4.78, 5) is 23.8. The molecule has 174 valence electrons. The zero-order valence-electron chi connectivity index (χ0n) is 19.5. The Morgan fingerprint density at radius 2 is 1.47 bits per heavy atom. The highest BCUT2D eigenvalue weighted by Gasteiger charge is 2.43. The van der Waals surface area contributed by atoms with Crippen molar-refractivity contribution in [1.82, 2.24) is 0 Å². The van der Waals surface area contributed by atoms with Gasteiger partial charge in [0.15, 0.2) is 0 Å². The molecule has 30 heavy (non-hydrogen) atoms. The highest BCUT2D eigenvalue weighted by Crippen LogP contribution is 2.28. The van der Waals surface area contributed by atoms with Crippen LogP contribution in [-0.4, -0.2) is 33.9 Å². The lowest BCUT2D eigenvalue weighted by molar-refractivity contribution is -0.180. The van der Waals surface area contributed by atoms with Gasteiger partial charge in [-0.15, -0.1) is 0 Å². The summed E-state index contributed by atoms with van der Waals surface area (Å²) in [5.74, 6) is -1.94. The molecule has 0 aliphatic heterocycles. The average molecular weight is 425 g/mol. The van der Waals surface area contributed by atoms with E-state index in [0.717, 1.165) is 32.1 Å². The maximum atomic E-state index is 11.9. The van der Waals surface area contributed by atoms with E-state index in [2.05, 4.69) is 25.7 Å². The lowest BCUT2D eigenvalue weighted by atomic mass is 9.89. The molecular formula is C25H44O5. The second-order valence-corrected chi connectivity index (χ2v) is 8.50. The van der Waals surface area contributed by atoms with Crippen LogP contribution >= 0.6 is 0 Å². The average Bonchev–Trinajstić information content (AvgIpc) is 2.67. The fourth-order valence-corrected chi connectivity index (χ4v) is 3.48. The van der Waals surface area contributed by atoms with Crippen molar-refractivity contribution in [3.63, 3.8) is 0 Å². The van der Waals surface area contributed by atoms with Gasteiger partial charge < -0.3 is 14.9 Å². The number of allylic oxidation sites excluding steroid dienone is 2. The van der Waals surface area contributed by atoms with E-state index in [0.29, 0.717) is 6.42 Å². The van der Waals surface area contributed by atoms with Gasteiger partial charge in [0.05, 0.1) is 6.10 Å². The quantitative estimate of drug-likeness (QED) is 0.109. The first-order chi connectivity index (χ1) is 14.2. The van der Waals surface area contributed by atoms with E-state index < -0.39 is 23.6 Å². The van der Waals surface area contributed by atoms with E-state index in [4.69, 9.17) is 4.74 Å². The molecular weight excluding hydrogens is 380 g/mol.